The first-order chi connectivity index (χ1) is 9.19. The largest absolute Gasteiger partial charge is 0.491 e. The summed E-state index contributed by atoms with van der Waals surface area (Å²) < 4.78 is 12.0. The molecule has 2 rings (SSSR count). The smallest absolute Gasteiger partial charge is 0.169 e. The molecule has 1 aromatic heterocycles. The van der Waals surface area contributed by atoms with Gasteiger partial charge in [-0.2, -0.15) is 0 Å². The minimum absolute atomic E-state index is 0.636. The van der Waals surface area contributed by atoms with Crippen molar-refractivity contribution in [2.45, 2.75) is 26.8 Å². The van der Waals surface area contributed by atoms with Crippen LogP contribution in [0.25, 0.3) is 0 Å². The zero-order valence-electron chi connectivity index (χ0n) is 11.2. The van der Waals surface area contributed by atoms with Crippen molar-refractivity contribution in [3.8, 4) is 5.75 Å². The van der Waals surface area contributed by atoms with Gasteiger partial charge < -0.3 is 14.5 Å². The molecule has 0 spiro atoms. The number of rotatable bonds is 6. The number of benzene rings is 1. The average Bonchev–Trinajstić information content (AvgIpc) is 2.81. The maximum absolute atomic E-state index is 5.76. The van der Waals surface area contributed by atoms with Gasteiger partial charge in [0.25, 0.3) is 0 Å². The molecule has 3 nitrogen and oxygen atoms in total. The number of ether oxygens (including phenoxy) is 1. The van der Waals surface area contributed by atoms with Gasteiger partial charge in [-0.05, 0) is 59.1 Å². The molecule has 4 heteroatoms. The number of halogens is 1. The van der Waals surface area contributed by atoms with Crippen molar-refractivity contribution in [2.75, 3.05) is 11.9 Å². The third-order valence-corrected chi connectivity index (χ3v) is 3.11. The summed E-state index contributed by atoms with van der Waals surface area (Å²) in [4.78, 5) is 0. The zero-order valence-corrected chi connectivity index (χ0v) is 12.8. The molecule has 0 amide bonds. The van der Waals surface area contributed by atoms with Crippen molar-refractivity contribution in [1.82, 2.24) is 0 Å². The van der Waals surface area contributed by atoms with Gasteiger partial charge in [0.1, 0.15) is 11.5 Å². The lowest BCUT2D eigenvalue weighted by molar-refractivity contribution is 0.318. The SMILES string of the molecule is CCCOc1cc(C)ccc1NCc1ccc(Br)o1. The molecule has 0 atom stereocenters. The second kappa shape index (κ2) is 6.66. The lowest BCUT2D eigenvalue weighted by Gasteiger charge is -2.13. The third-order valence-electron chi connectivity index (χ3n) is 2.68. The Balaban J connectivity index is 2.05. The van der Waals surface area contributed by atoms with Gasteiger partial charge in [-0.1, -0.05) is 13.0 Å². The van der Waals surface area contributed by atoms with Crippen LogP contribution in [0.3, 0.4) is 0 Å². The summed E-state index contributed by atoms with van der Waals surface area (Å²) in [7, 11) is 0. The van der Waals surface area contributed by atoms with Crippen molar-refractivity contribution >= 4 is 21.6 Å². The molecule has 2 aromatic rings. The monoisotopic (exact) mass is 323 g/mol. The maximum atomic E-state index is 5.76. The predicted molar refractivity (Wildman–Crippen MR) is 80.7 cm³/mol. The lowest BCUT2D eigenvalue weighted by Crippen LogP contribution is -2.03. The molecular formula is C15H18BrNO2. The van der Waals surface area contributed by atoms with Crippen molar-refractivity contribution in [1.29, 1.82) is 0 Å². The molecule has 19 heavy (non-hydrogen) atoms. The maximum Gasteiger partial charge on any atom is 0.169 e. The molecule has 0 bridgehead atoms. The number of furan rings is 1. The van der Waals surface area contributed by atoms with Crippen LogP contribution in [0.2, 0.25) is 0 Å². The van der Waals surface area contributed by atoms with E-state index in [0.717, 1.165) is 34.9 Å². The second-order valence-electron chi connectivity index (χ2n) is 4.41. The minimum Gasteiger partial charge on any atom is -0.491 e. The molecule has 1 N–H and O–H groups in total. The van der Waals surface area contributed by atoms with E-state index in [1.807, 2.05) is 18.2 Å². The van der Waals surface area contributed by atoms with Crippen molar-refractivity contribution in [3.05, 3.63) is 46.3 Å². The highest BCUT2D eigenvalue weighted by molar-refractivity contribution is 9.10. The average molecular weight is 324 g/mol. The zero-order chi connectivity index (χ0) is 13.7. The van der Waals surface area contributed by atoms with Crippen molar-refractivity contribution in [2.24, 2.45) is 0 Å². The topological polar surface area (TPSA) is 34.4 Å². The molecule has 102 valence electrons. The molecule has 1 heterocycles. The van der Waals surface area contributed by atoms with E-state index in [9.17, 15) is 0 Å². The number of aryl methyl sites for hydroxylation is 1. The van der Waals surface area contributed by atoms with E-state index in [2.05, 4.69) is 47.2 Å². The molecule has 0 aliphatic heterocycles. The Bertz CT molecular complexity index is 537. The van der Waals surface area contributed by atoms with E-state index >= 15 is 0 Å². The molecule has 0 radical (unpaired) electrons. The molecule has 0 saturated carbocycles. The lowest BCUT2D eigenvalue weighted by atomic mass is 10.2. The van der Waals surface area contributed by atoms with Gasteiger partial charge >= 0.3 is 0 Å². The molecule has 1 aromatic carbocycles. The molecule has 0 aliphatic rings. The number of anilines is 1. The first-order valence-electron chi connectivity index (χ1n) is 6.40. The Morgan fingerprint density at radius 2 is 2.11 bits per heavy atom. The van der Waals surface area contributed by atoms with E-state index in [1.165, 1.54) is 5.56 Å². The van der Waals surface area contributed by atoms with Gasteiger partial charge in [0, 0.05) is 0 Å². The molecular weight excluding hydrogens is 306 g/mol. The number of nitrogens with one attached hydrogen (secondary N) is 1. The predicted octanol–water partition coefficient (Wildman–Crippen LogP) is 4.75. The second-order valence-corrected chi connectivity index (χ2v) is 5.19. The van der Waals surface area contributed by atoms with Crippen LogP contribution in [0.5, 0.6) is 5.75 Å². The van der Waals surface area contributed by atoms with Gasteiger partial charge in [0.05, 0.1) is 18.8 Å². The van der Waals surface area contributed by atoms with E-state index in [4.69, 9.17) is 9.15 Å². The Kier molecular flexibility index (Phi) is 4.91. The van der Waals surface area contributed by atoms with Crippen LogP contribution in [-0.2, 0) is 6.54 Å². The quantitative estimate of drug-likeness (QED) is 0.832. The van der Waals surface area contributed by atoms with E-state index in [-0.39, 0.29) is 0 Å². The first-order valence-corrected chi connectivity index (χ1v) is 7.20. The molecule has 0 aliphatic carbocycles. The Morgan fingerprint density at radius 3 is 2.79 bits per heavy atom. The van der Waals surface area contributed by atoms with Crippen LogP contribution in [0.1, 0.15) is 24.7 Å². The van der Waals surface area contributed by atoms with Crippen LogP contribution in [0, 0.1) is 6.92 Å². The highest BCUT2D eigenvalue weighted by atomic mass is 79.9. The summed E-state index contributed by atoms with van der Waals surface area (Å²) in [5.74, 6) is 1.78. The van der Waals surface area contributed by atoms with Gasteiger partial charge in [0.15, 0.2) is 4.67 Å². The summed E-state index contributed by atoms with van der Waals surface area (Å²) in [6.45, 7) is 5.52. The summed E-state index contributed by atoms with van der Waals surface area (Å²) in [6, 6.07) is 9.99. The minimum atomic E-state index is 0.636. The fourth-order valence-electron chi connectivity index (χ4n) is 1.74. The number of hydrogen-bond donors (Lipinski definition) is 1. The molecule has 0 fully saturated rings. The summed E-state index contributed by atoms with van der Waals surface area (Å²) in [5, 5.41) is 3.34. The van der Waals surface area contributed by atoms with E-state index in [1.54, 1.807) is 0 Å². The Hall–Kier alpha value is -1.42. The summed E-state index contributed by atoms with van der Waals surface area (Å²) >= 11 is 3.30. The van der Waals surface area contributed by atoms with Gasteiger partial charge in [-0.25, -0.2) is 0 Å². The fraction of sp³-hybridized carbons (Fsp3) is 0.333. The first kappa shape index (κ1) is 14.0. The van der Waals surface area contributed by atoms with Crippen molar-refractivity contribution in [3.63, 3.8) is 0 Å². The van der Waals surface area contributed by atoms with Gasteiger partial charge in [0.2, 0.25) is 0 Å². The summed E-state index contributed by atoms with van der Waals surface area (Å²) in [6.07, 6.45) is 0.999. The van der Waals surface area contributed by atoms with Crippen LogP contribution in [0.4, 0.5) is 5.69 Å². The highest BCUT2D eigenvalue weighted by Gasteiger charge is 2.05. The van der Waals surface area contributed by atoms with E-state index in [0.29, 0.717) is 6.54 Å². The van der Waals surface area contributed by atoms with Gasteiger partial charge in [-0.3, -0.25) is 0 Å². The molecule has 0 unspecified atom stereocenters. The highest BCUT2D eigenvalue weighted by Crippen LogP contribution is 2.27. The van der Waals surface area contributed by atoms with Crippen LogP contribution >= 0.6 is 15.9 Å². The summed E-state index contributed by atoms with van der Waals surface area (Å²) in [5.41, 5.74) is 2.18. The Labute approximate surface area is 122 Å². The fourth-order valence-corrected chi connectivity index (χ4v) is 2.08. The normalized spacial score (nSPS) is 10.5. The standard InChI is InChI=1S/C15H18BrNO2/c1-3-8-18-14-9-11(2)4-6-13(14)17-10-12-5-7-15(16)19-12/h4-7,9,17H,3,8,10H2,1-2H3. The van der Waals surface area contributed by atoms with E-state index < -0.39 is 0 Å². The van der Waals surface area contributed by atoms with Crippen LogP contribution in [-0.4, -0.2) is 6.61 Å². The molecule has 0 saturated heterocycles. The van der Waals surface area contributed by atoms with Crippen molar-refractivity contribution < 1.29 is 9.15 Å². The third kappa shape index (κ3) is 4.03. The van der Waals surface area contributed by atoms with Crippen LogP contribution < -0.4 is 10.1 Å². The van der Waals surface area contributed by atoms with Crippen LogP contribution in [0.15, 0.2) is 39.4 Å². The van der Waals surface area contributed by atoms with Gasteiger partial charge in [-0.15, -0.1) is 0 Å². The number of hydrogen-bond acceptors (Lipinski definition) is 3. The Morgan fingerprint density at radius 1 is 1.26 bits per heavy atom.